The molecule has 5 heteroatoms. The summed E-state index contributed by atoms with van der Waals surface area (Å²) >= 11 is 0. The van der Waals surface area contributed by atoms with Crippen molar-refractivity contribution in [2.24, 2.45) is 11.5 Å². The molecule has 1 atom stereocenters. The van der Waals surface area contributed by atoms with E-state index in [1.807, 2.05) is 30.3 Å². The van der Waals surface area contributed by atoms with Crippen molar-refractivity contribution in [3.63, 3.8) is 0 Å². The van der Waals surface area contributed by atoms with Crippen LogP contribution in [0.1, 0.15) is 18.4 Å². The fourth-order valence-corrected chi connectivity index (χ4v) is 1.57. The second-order valence-corrected chi connectivity index (χ2v) is 4.16. The number of hydrogen-bond donors (Lipinski definition) is 3. The van der Waals surface area contributed by atoms with Crippen LogP contribution in [0.3, 0.4) is 0 Å². The van der Waals surface area contributed by atoms with Gasteiger partial charge in [0.05, 0.1) is 6.04 Å². The third kappa shape index (κ3) is 5.45. The standard InChI is InChI=1S/C13H19N3O2/c14-11(9-10-5-2-1-3-6-10)13(18)16-8-4-7-12(15)17/h1-3,5-6,11H,4,7-9,14H2,(H2,15,17)(H,16,18)/t11-/m1/s1. The Morgan fingerprint density at radius 1 is 1.22 bits per heavy atom. The molecule has 0 unspecified atom stereocenters. The summed E-state index contributed by atoms with van der Waals surface area (Å²) in [5.41, 5.74) is 11.8. The van der Waals surface area contributed by atoms with E-state index in [-0.39, 0.29) is 18.2 Å². The lowest BCUT2D eigenvalue weighted by Gasteiger charge is -2.12. The van der Waals surface area contributed by atoms with Crippen LogP contribution in [0, 0.1) is 0 Å². The Bertz CT molecular complexity index is 392. The number of hydrogen-bond acceptors (Lipinski definition) is 3. The van der Waals surface area contributed by atoms with E-state index in [0.717, 1.165) is 5.56 Å². The fraction of sp³-hybridized carbons (Fsp3) is 0.385. The molecule has 0 spiro atoms. The second kappa shape index (κ2) is 7.45. The third-order valence-corrected chi connectivity index (χ3v) is 2.53. The molecule has 2 amide bonds. The molecule has 0 aliphatic rings. The summed E-state index contributed by atoms with van der Waals surface area (Å²) in [4.78, 5) is 22.1. The lowest BCUT2D eigenvalue weighted by Crippen LogP contribution is -2.42. The van der Waals surface area contributed by atoms with Crippen molar-refractivity contribution in [3.05, 3.63) is 35.9 Å². The molecular weight excluding hydrogens is 230 g/mol. The SMILES string of the molecule is NC(=O)CCCNC(=O)[C@H](N)Cc1ccccc1. The molecule has 0 aromatic heterocycles. The van der Waals surface area contributed by atoms with Crippen molar-refractivity contribution in [2.75, 3.05) is 6.54 Å². The molecule has 1 aromatic rings. The summed E-state index contributed by atoms with van der Waals surface area (Å²) in [7, 11) is 0. The van der Waals surface area contributed by atoms with Crippen molar-refractivity contribution in [2.45, 2.75) is 25.3 Å². The maximum absolute atomic E-state index is 11.6. The minimum absolute atomic E-state index is 0.205. The van der Waals surface area contributed by atoms with Gasteiger partial charge in [-0.2, -0.15) is 0 Å². The second-order valence-electron chi connectivity index (χ2n) is 4.16. The first-order valence-electron chi connectivity index (χ1n) is 5.95. The predicted octanol–water partition coefficient (Wildman–Crippen LogP) is -0.0619. The number of carbonyl (C=O) groups excluding carboxylic acids is 2. The summed E-state index contributed by atoms with van der Waals surface area (Å²) < 4.78 is 0. The van der Waals surface area contributed by atoms with Gasteiger partial charge in [-0.15, -0.1) is 0 Å². The molecule has 0 aliphatic carbocycles. The molecule has 0 fully saturated rings. The minimum atomic E-state index is -0.569. The van der Waals surface area contributed by atoms with Crippen molar-refractivity contribution in [1.82, 2.24) is 5.32 Å². The molecule has 1 aromatic carbocycles. The maximum atomic E-state index is 11.6. The van der Waals surface area contributed by atoms with Crippen molar-refractivity contribution < 1.29 is 9.59 Å². The van der Waals surface area contributed by atoms with Gasteiger partial charge in [0.15, 0.2) is 0 Å². The molecule has 0 heterocycles. The third-order valence-electron chi connectivity index (χ3n) is 2.53. The average Bonchev–Trinajstić information content (AvgIpc) is 2.35. The van der Waals surface area contributed by atoms with E-state index in [2.05, 4.69) is 5.32 Å². The van der Waals surface area contributed by atoms with E-state index in [4.69, 9.17) is 11.5 Å². The summed E-state index contributed by atoms with van der Waals surface area (Å²) in [6.07, 6.45) is 1.32. The van der Waals surface area contributed by atoms with Crippen LogP contribution in [0.2, 0.25) is 0 Å². The van der Waals surface area contributed by atoms with Crippen LogP contribution in [-0.4, -0.2) is 24.4 Å². The Morgan fingerprint density at radius 3 is 2.50 bits per heavy atom. The first-order valence-corrected chi connectivity index (χ1v) is 5.95. The van der Waals surface area contributed by atoms with Gasteiger partial charge in [-0.05, 0) is 18.4 Å². The highest BCUT2D eigenvalue weighted by Gasteiger charge is 2.13. The number of nitrogens with one attached hydrogen (secondary N) is 1. The molecule has 0 radical (unpaired) electrons. The van der Waals surface area contributed by atoms with Gasteiger partial charge in [-0.1, -0.05) is 30.3 Å². The van der Waals surface area contributed by atoms with Gasteiger partial charge in [-0.25, -0.2) is 0 Å². The number of carbonyl (C=O) groups is 2. The Labute approximate surface area is 107 Å². The number of rotatable bonds is 7. The van der Waals surface area contributed by atoms with Crippen LogP contribution in [0.4, 0.5) is 0 Å². The Hall–Kier alpha value is -1.88. The van der Waals surface area contributed by atoms with Crippen LogP contribution >= 0.6 is 0 Å². The van der Waals surface area contributed by atoms with Gasteiger partial charge in [0.2, 0.25) is 11.8 Å². The molecule has 1 rings (SSSR count). The lowest BCUT2D eigenvalue weighted by molar-refractivity contribution is -0.123. The number of primary amides is 1. The van der Waals surface area contributed by atoms with Gasteiger partial charge in [0.25, 0.3) is 0 Å². The van der Waals surface area contributed by atoms with Gasteiger partial charge in [-0.3, -0.25) is 9.59 Å². The zero-order chi connectivity index (χ0) is 13.4. The monoisotopic (exact) mass is 249 g/mol. The minimum Gasteiger partial charge on any atom is -0.370 e. The highest BCUT2D eigenvalue weighted by Crippen LogP contribution is 2.01. The Morgan fingerprint density at radius 2 is 1.89 bits per heavy atom. The predicted molar refractivity (Wildman–Crippen MR) is 69.6 cm³/mol. The van der Waals surface area contributed by atoms with Crippen LogP contribution in [0.25, 0.3) is 0 Å². The molecule has 0 bridgehead atoms. The van der Waals surface area contributed by atoms with Crippen LogP contribution in [-0.2, 0) is 16.0 Å². The Kier molecular flexibility index (Phi) is 5.87. The van der Waals surface area contributed by atoms with E-state index in [9.17, 15) is 9.59 Å². The van der Waals surface area contributed by atoms with Crippen molar-refractivity contribution in [1.29, 1.82) is 0 Å². The summed E-state index contributed by atoms with van der Waals surface area (Å²) in [6, 6.07) is 9.03. The van der Waals surface area contributed by atoms with E-state index in [1.165, 1.54) is 0 Å². The molecule has 5 N–H and O–H groups in total. The molecule has 18 heavy (non-hydrogen) atoms. The first kappa shape index (κ1) is 14.2. The van der Waals surface area contributed by atoms with E-state index in [0.29, 0.717) is 19.4 Å². The summed E-state index contributed by atoms with van der Waals surface area (Å²) in [5.74, 6) is -0.568. The number of nitrogens with two attached hydrogens (primary N) is 2. The number of amides is 2. The average molecular weight is 249 g/mol. The summed E-state index contributed by atoms with van der Waals surface area (Å²) in [5, 5.41) is 2.69. The molecule has 0 saturated carbocycles. The van der Waals surface area contributed by atoms with Crippen LogP contribution in [0.5, 0.6) is 0 Å². The normalized spacial score (nSPS) is 11.8. The van der Waals surface area contributed by atoms with E-state index >= 15 is 0 Å². The van der Waals surface area contributed by atoms with Gasteiger partial charge in [0.1, 0.15) is 0 Å². The highest BCUT2D eigenvalue weighted by molar-refractivity contribution is 5.81. The zero-order valence-electron chi connectivity index (χ0n) is 10.3. The van der Waals surface area contributed by atoms with E-state index < -0.39 is 6.04 Å². The van der Waals surface area contributed by atoms with Crippen molar-refractivity contribution in [3.8, 4) is 0 Å². The maximum Gasteiger partial charge on any atom is 0.237 e. The lowest BCUT2D eigenvalue weighted by atomic mass is 10.1. The van der Waals surface area contributed by atoms with Crippen LogP contribution < -0.4 is 16.8 Å². The zero-order valence-corrected chi connectivity index (χ0v) is 10.3. The fourth-order valence-electron chi connectivity index (χ4n) is 1.57. The quantitative estimate of drug-likeness (QED) is 0.590. The van der Waals surface area contributed by atoms with Gasteiger partial charge < -0.3 is 16.8 Å². The molecule has 98 valence electrons. The smallest absolute Gasteiger partial charge is 0.237 e. The van der Waals surface area contributed by atoms with Crippen LogP contribution in [0.15, 0.2) is 30.3 Å². The molecule has 0 aliphatic heterocycles. The molecular formula is C13H19N3O2. The van der Waals surface area contributed by atoms with Gasteiger partial charge >= 0.3 is 0 Å². The highest BCUT2D eigenvalue weighted by atomic mass is 16.2. The topological polar surface area (TPSA) is 98.2 Å². The van der Waals surface area contributed by atoms with Gasteiger partial charge in [0, 0.05) is 13.0 Å². The molecule has 5 nitrogen and oxygen atoms in total. The largest absolute Gasteiger partial charge is 0.370 e. The molecule has 0 saturated heterocycles. The summed E-state index contributed by atoms with van der Waals surface area (Å²) in [6.45, 7) is 0.421. The van der Waals surface area contributed by atoms with E-state index in [1.54, 1.807) is 0 Å². The van der Waals surface area contributed by atoms with Crippen molar-refractivity contribution >= 4 is 11.8 Å². The number of benzene rings is 1. The first-order chi connectivity index (χ1) is 8.59. The Balaban J connectivity index is 2.27.